The summed E-state index contributed by atoms with van der Waals surface area (Å²) in [6.45, 7) is 1.92. The van der Waals surface area contributed by atoms with Gasteiger partial charge in [0.1, 0.15) is 23.7 Å². The number of carbonyl (C=O) groups excluding carboxylic acids is 1. The van der Waals surface area contributed by atoms with Crippen LogP contribution < -0.4 is 4.74 Å². The first-order valence-corrected chi connectivity index (χ1v) is 8.72. The van der Waals surface area contributed by atoms with Gasteiger partial charge in [-0.1, -0.05) is 29.8 Å². The molecule has 0 atom stereocenters. The van der Waals surface area contributed by atoms with Gasteiger partial charge < -0.3 is 9.64 Å². The molecule has 1 aliphatic rings. The number of ether oxygens (including phenoxy) is 1. The molecule has 0 aliphatic carbocycles. The zero-order valence-electron chi connectivity index (χ0n) is 14.0. The van der Waals surface area contributed by atoms with Crippen LogP contribution in [0.25, 0.3) is 0 Å². The highest BCUT2D eigenvalue weighted by Crippen LogP contribution is 2.20. The standard InChI is InChI=1S/C19H17ClN4O2/c20-16-7-4-8-21-17(16)12-23-9-10-24-18(19(23)25)11-14(22-24)13-26-15-5-2-1-3-6-15/h1-8,11H,9-10,12-13H2. The summed E-state index contributed by atoms with van der Waals surface area (Å²) >= 11 is 6.16. The van der Waals surface area contributed by atoms with E-state index in [1.165, 1.54) is 0 Å². The fourth-order valence-electron chi connectivity index (χ4n) is 2.90. The fourth-order valence-corrected chi connectivity index (χ4v) is 3.08. The van der Waals surface area contributed by atoms with Gasteiger partial charge in [-0.3, -0.25) is 14.5 Å². The molecule has 0 spiro atoms. The van der Waals surface area contributed by atoms with Gasteiger partial charge in [-0.25, -0.2) is 0 Å². The zero-order valence-corrected chi connectivity index (χ0v) is 14.8. The van der Waals surface area contributed by atoms with E-state index < -0.39 is 0 Å². The summed E-state index contributed by atoms with van der Waals surface area (Å²) in [4.78, 5) is 18.8. The molecule has 6 nitrogen and oxygen atoms in total. The molecule has 0 saturated heterocycles. The Morgan fingerprint density at radius 3 is 2.77 bits per heavy atom. The molecule has 26 heavy (non-hydrogen) atoms. The van der Waals surface area contributed by atoms with E-state index in [0.29, 0.717) is 42.7 Å². The lowest BCUT2D eigenvalue weighted by atomic mass is 10.2. The van der Waals surface area contributed by atoms with E-state index in [4.69, 9.17) is 16.3 Å². The average molecular weight is 369 g/mol. The predicted octanol–water partition coefficient (Wildman–Crippen LogP) is 3.17. The van der Waals surface area contributed by atoms with Gasteiger partial charge in [0, 0.05) is 12.7 Å². The number of amides is 1. The molecule has 0 N–H and O–H groups in total. The van der Waals surface area contributed by atoms with Crippen molar-refractivity contribution in [3.8, 4) is 5.75 Å². The van der Waals surface area contributed by atoms with Crippen LogP contribution in [0.3, 0.4) is 0 Å². The number of halogens is 1. The van der Waals surface area contributed by atoms with Crippen LogP contribution in [0, 0.1) is 0 Å². The second-order valence-corrected chi connectivity index (χ2v) is 6.41. The van der Waals surface area contributed by atoms with Crippen molar-refractivity contribution in [2.24, 2.45) is 0 Å². The van der Waals surface area contributed by atoms with Gasteiger partial charge >= 0.3 is 0 Å². The molecule has 0 saturated carbocycles. The molecule has 1 aromatic carbocycles. The third-order valence-electron chi connectivity index (χ3n) is 4.22. The number of nitrogens with zero attached hydrogens (tertiary/aromatic N) is 4. The Morgan fingerprint density at radius 1 is 1.12 bits per heavy atom. The summed E-state index contributed by atoms with van der Waals surface area (Å²) in [5.74, 6) is 0.702. The number of pyridine rings is 1. The Hall–Kier alpha value is -2.86. The number of rotatable bonds is 5. The van der Waals surface area contributed by atoms with Gasteiger partial charge in [-0.2, -0.15) is 5.10 Å². The molecule has 1 amide bonds. The van der Waals surface area contributed by atoms with Crippen LogP contribution in [-0.2, 0) is 19.7 Å². The van der Waals surface area contributed by atoms with Crippen LogP contribution in [0.1, 0.15) is 21.9 Å². The Labute approximate surface area is 156 Å². The minimum absolute atomic E-state index is 0.0727. The minimum atomic E-state index is -0.0727. The molecule has 0 bridgehead atoms. The summed E-state index contributed by atoms with van der Waals surface area (Å²) in [7, 11) is 0. The van der Waals surface area contributed by atoms with Crippen LogP contribution in [0.15, 0.2) is 54.7 Å². The van der Waals surface area contributed by atoms with Crippen LogP contribution >= 0.6 is 11.6 Å². The van der Waals surface area contributed by atoms with Crippen molar-refractivity contribution in [3.63, 3.8) is 0 Å². The van der Waals surface area contributed by atoms with E-state index in [9.17, 15) is 4.79 Å². The number of fused-ring (bicyclic) bond motifs is 1. The topological polar surface area (TPSA) is 60.2 Å². The molecule has 132 valence electrons. The number of aromatic nitrogens is 3. The number of benzene rings is 1. The molecule has 3 heterocycles. The molecule has 7 heteroatoms. The summed E-state index contributed by atoms with van der Waals surface area (Å²) < 4.78 is 7.45. The van der Waals surface area contributed by atoms with Crippen molar-refractivity contribution in [3.05, 3.63) is 76.8 Å². The first-order chi connectivity index (χ1) is 12.7. The molecular formula is C19H17ClN4O2. The Bertz CT molecular complexity index is 926. The smallest absolute Gasteiger partial charge is 0.272 e. The maximum atomic E-state index is 12.8. The third kappa shape index (κ3) is 3.41. The number of hydrogen-bond donors (Lipinski definition) is 0. The molecule has 2 aromatic heterocycles. The summed E-state index contributed by atoms with van der Waals surface area (Å²) in [6, 6.07) is 14.9. The van der Waals surface area contributed by atoms with Crippen molar-refractivity contribution >= 4 is 17.5 Å². The number of hydrogen-bond acceptors (Lipinski definition) is 4. The van der Waals surface area contributed by atoms with Crippen LogP contribution in [-0.4, -0.2) is 32.1 Å². The van der Waals surface area contributed by atoms with E-state index in [0.717, 1.165) is 11.4 Å². The highest BCUT2D eigenvalue weighted by Gasteiger charge is 2.27. The zero-order chi connectivity index (χ0) is 17.9. The van der Waals surface area contributed by atoms with Crippen LogP contribution in [0.4, 0.5) is 0 Å². The number of para-hydroxylation sites is 1. The lowest BCUT2D eigenvalue weighted by molar-refractivity contribution is 0.0681. The summed E-state index contributed by atoms with van der Waals surface area (Å²) in [5.41, 5.74) is 1.99. The molecular weight excluding hydrogens is 352 g/mol. The molecule has 1 aliphatic heterocycles. The van der Waals surface area contributed by atoms with E-state index in [-0.39, 0.29) is 5.91 Å². The highest BCUT2D eigenvalue weighted by molar-refractivity contribution is 6.31. The predicted molar refractivity (Wildman–Crippen MR) is 97.0 cm³/mol. The summed E-state index contributed by atoms with van der Waals surface area (Å²) in [6.07, 6.45) is 1.68. The normalized spacial score (nSPS) is 13.6. The fraction of sp³-hybridized carbons (Fsp3) is 0.211. The van der Waals surface area contributed by atoms with Gasteiger partial charge in [0.2, 0.25) is 0 Å². The quantitative estimate of drug-likeness (QED) is 0.694. The van der Waals surface area contributed by atoms with Gasteiger partial charge in [-0.05, 0) is 30.3 Å². The lowest BCUT2D eigenvalue weighted by Crippen LogP contribution is -2.40. The van der Waals surface area contributed by atoms with E-state index in [2.05, 4.69) is 10.1 Å². The largest absolute Gasteiger partial charge is 0.487 e. The Morgan fingerprint density at radius 2 is 1.96 bits per heavy atom. The second kappa shape index (κ2) is 7.17. The molecule has 4 rings (SSSR count). The van der Waals surface area contributed by atoms with Crippen molar-refractivity contribution in [1.29, 1.82) is 0 Å². The second-order valence-electron chi connectivity index (χ2n) is 6.00. The highest BCUT2D eigenvalue weighted by atomic mass is 35.5. The summed E-state index contributed by atoms with van der Waals surface area (Å²) in [5, 5.41) is 5.04. The van der Waals surface area contributed by atoms with Crippen molar-refractivity contribution in [1.82, 2.24) is 19.7 Å². The molecule has 0 radical (unpaired) electrons. The van der Waals surface area contributed by atoms with E-state index in [1.54, 1.807) is 34.0 Å². The van der Waals surface area contributed by atoms with E-state index >= 15 is 0 Å². The van der Waals surface area contributed by atoms with Crippen molar-refractivity contribution < 1.29 is 9.53 Å². The van der Waals surface area contributed by atoms with Gasteiger partial charge in [0.05, 0.1) is 23.8 Å². The van der Waals surface area contributed by atoms with Gasteiger partial charge in [-0.15, -0.1) is 0 Å². The Balaban J connectivity index is 1.46. The van der Waals surface area contributed by atoms with E-state index in [1.807, 2.05) is 30.3 Å². The SMILES string of the molecule is O=C1c2cc(COc3ccccc3)nn2CCN1Cc1ncccc1Cl. The van der Waals surface area contributed by atoms with Crippen molar-refractivity contribution in [2.45, 2.75) is 19.7 Å². The molecule has 3 aromatic rings. The Kier molecular flexibility index (Phi) is 4.58. The van der Waals surface area contributed by atoms with Gasteiger partial charge in [0.15, 0.2) is 0 Å². The molecule has 0 unspecified atom stereocenters. The maximum absolute atomic E-state index is 12.8. The van der Waals surface area contributed by atoms with Crippen LogP contribution in [0.5, 0.6) is 5.75 Å². The maximum Gasteiger partial charge on any atom is 0.272 e. The van der Waals surface area contributed by atoms with Crippen molar-refractivity contribution in [2.75, 3.05) is 6.54 Å². The monoisotopic (exact) mass is 368 g/mol. The first-order valence-electron chi connectivity index (χ1n) is 8.34. The molecule has 0 fully saturated rings. The van der Waals surface area contributed by atoms with Gasteiger partial charge in [0.25, 0.3) is 5.91 Å². The third-order valence-corrected chi connectivity index (χ3v) is 4.57. The lowest BCUT2D eigenvalue weighted by Gasteiger charge is -2.27. The average Bonchev–Trinajstić information content (AvgIpc) is 3.09. The first kappa shape index (κ1) is 16.6. The van der Waals surface area contributed by atoms with Crippen LogP contribution in [0.2, 0.25) is 5.02 Å². The number of carbonyl (C=O) groups is 1. The minimum Gasteiger partial charge on any atom is -0.487 e.